The van der Waals surface area contributed by atoms with Crippen LogP contribution >= 0.6 is 47.2 Å². The summed E-state index contributed by atoms with van der Waals surface area (Å²) in [7, 11) is 0. The highest BCUT2D eigenvalue weighted by Crippen LogP contribution is 2.41. The lowest BCUT2D eigenvalue weighted by Gasteiger charge is -2.45. The second-order valence-corrected chi connectivity index (χ2v) is 13.8. The number of nitro groups is 1. The van der Waals surface area contributed by atoms with Crippen LogP contribution in [0.25, 0.3) is 0 Å². The van der Waals surface area contributed by atoms with E-state index in [-0.39, 0.29) is 28.3 Å². The van der Waals surface area contributed by atoms with E-state index in [9.17, 15) is 29.6 Å². The van der Waals surface area contributed by atoms with Crippen molar-refractivity contribution in [3.8, 4) is 5.75 Å². The first kappa shape index (κ1) is 36.0. The SMILES string of the molecule is C[C@@H](O)[C@H]1C(=O)N(C(C(=O)OCc2ccc([N+](=O)[O-])cc2)=C(Oc2ccc(C(=S)c3ccc(Cl)cc3)cc2)SC(=O)C(C)(C)C)[C@H]1Cl. The van der Waals surface area contributed by atoms with Crippen molar-refractivity contribution in [3.05, 3.63) is 115 Å². The number of aliphatic hydroxyl groups is 1. The van der Waals surface area contributed by atoms with Crippen molar-refractivity contribution >= 4 is 74.7 Å². The number of hydrogen-bond donors (Lipinski definition) is 1. The minimum atomic E-state index is -1.16. The maximum absolute atomic E-state index is 13.7. The number of rotatable bonds is 11. The van der Waals surface area contributed by atoms with Gasteiger partial charge in [0, 0.05) is 22.6 Å². The minimum Gasteiger partial charge on any atom is -0.456 e. The number of carbonyl (C=O) groups is 3. The molecule has 1 fully saturated rings. The monoisotopic (exact) mass is 716 g/mol. The first-order valence-electron chi connectivity index (χ1n) is 14.2. The van der Waals surface area contributed by atoms with Crippen LogP contribution in [0.2, 0.25) is 5.02 Å². The summed E-state index contributed by atoms with van der Waals surface area (Å²) < 4.78 is 11.7. The molecule has 0 saturated carbocycles. The Labute approximate surface area is 290 Å². The molecule has 1 saturated heterocycles. The summed E-state index contributed by atoms with van der Waals surface area (Å²) in [6.45, 7) is 6.12. The number of aliphatic hydroxyl groups excluding tert-OH is 1. The molecule has 0 bridgehead atoms. The number of benzene rings is 3. The summed E-state index contributed by atoms with van der Waals surface area (Å²) in [5.41, 5.74) is -0.725. The van der Waals surface area contributed by atoms with E-state index >= 15 is 0 Å². The zero-order valence-corrected chi connectivity index (χ0v) is 28.8. The summed E-state index contributed by atoms with van der Waals surface area (Å²) in [5.74, 6) is -2.53. The van der Waals surface area contributed by atoms with Gasteiger partial charge in [-0.3, -0.25) is 24.6 Å². The van der Waals surface area contributed by atoms with E-state index < -0.39 is 45.4 Å². The van der Waals surface area contributed by atoms with Gasteiger partial charge in [0.15, 0.2) is 10.8 Å². The van der Waals surface area contributed by atoms with Crippen molar-refractivity contribution in [2.75, 3.05) is 0 Å². The number of ether oxygens (including phenoxy) is 2. The van der Waals surface area contributed by atoms with Gasteiger partial charge >= 0.3 is 5.97 Å². The van der Waals surface area contributed by atoms with Crippen LogP contribution in [0.5, 0.6) is 5.75 Å². The number of esters is 1. The van der Waals surface area contributed by atoms with Crippen LogP contribution in [0, 0.1) is 21.4 Å². The molecule has 3 aromatic rings. The van der Waals surface area contributed by atoms with Gasteiger partial charge in [0.25, 0.3) is 5.69 Å². The average molecular weight is 718 g/mol. The quantitative estimate of drug-likeness (QED) is 0.0211. The molecule has 4 rings (SSSR count). The fourth-order valence-electron chi connectivity index (χ4n) is 4.26. The Balaban J connectivity index is 1.72. The lowest BCUT2D eigenvalue weighted by atomic mass is 9.92. The van der Waals surface area contributed by atoms with Gasteiger partial charge in [0.1, 0.15) is 17.9 Å². The normalized spacial score (nSPS) is 17.3. The standard InChI is InChI=1S/C33H30Cl2N2O8S2/c1-18(38)25-28(35)36(29(25)39)26(30(40)44-17-19-5-13-23(14-6-19)37(42)43)31(47-32(41)33(2,3)4)45-24-15-9-21(10-16-24)27(46)20-7-11-22(34)12-8-20/h5-16,18,25,28,38H,17H2,1-4H3/t18-,25-,28-/m1/s1. The maximum atomic E-state index is 13.7. The Morgan fingerprint density at radius 3 is 2.09 bits per heavy atom. The second kappa shape index (κ2) is 15.0. The molecule has 3 atom stereocenters. The molecule has 1 heterocycles. The van der Waals surface area contributed by atoms with Gasteiger partial charge in [-0.05, 0) is 83.9 Å². The highest BCUT2D eigenvalue weighted by Gasteiger charge is 2.53. The fourth-order valence-corrected chi connectivity index (χ4v) is 6.06. The molecule has 0 spiro atoms. The number of β-lactam (4-membered cyclic amide) rings is 1. The smallest absolute Gasteiger partial charge is 0.359 e. The average Bonchev–Trinajstić information content (AvgIpc) is 3.02. The molecule has 1 amide bonds. The van der Waals surface area contributed by atoms with Gasteiger partial charge in [-0.15, -0.1) is 0 Å². The molecule has 47 heavy (non-hydrogen) atoms. The van der Waals surface area contributed by atoms with Gasteiger partial charge in [-0.2, -0.15) is 0 Å². The number of thiocarbonyl (C=S) groups is 1. The van der Waals surface area contributed by atoms with E-state index in [1.54, 1.807) is 69.3 Å². The third-order valence-electron chi connectivity index (χ3n) is 6.96. The van der Waals surface area contributed by atoms with E-state index in [1.165, 1.54) is 31.2 Å². The summed E-state index contributed by atoms with van der Waals surface area (Å²) in [6, 6.07) is 19.0. The van der Waals surface area contributed by atoms with Gasteiger partial charge in [-0.25, -0.2) is 4.79 Å². The first-order chi connectivity index (χ1) is 22.1. The van der Waals surface area contributed by atoms with Crippen molar-refractivity contribution in [1.29, 1.82) is 0 Å². The minimum absolute atomic E-state index is 0.145. The second-order valence-electron chi connectivity index (χ2n) is 11.6. The lowest BCUT2D eigenvalue weighted by molar-refractivity contribution is -0.384. The predicted octanol–water partition coefficient (Wildman–Crippen LogP) is 7.02. The topological polar surface area (TPSA) is 136 Å². The number of alkyl halides is 1. The van der Waals surface area contributed by atoms with E-state index in [1.807, 2.05) is 0 Å². The van der Waals surface area contributed by atoms with Gasteiger partial charge < -0.3 is 14.6 Å². The third-order valence-corrected chi connectivity index (χ3v) is 9.41. The largest absolute Gasteiger partial charge is 0.456 e. The molecule has 3 aromatic carbocycles. The summed E-state index contributed by atoms with van der Waals surface area (Å²) in [4.78, 5) is 52.2. The van der Waals surface area contributed by atoms with Crippen LogP contribution in [0.3, 0.4) is 0 Å². The highest BCUT2D eigenvalue weighted by molar-refractivity contribution is 8.16. The number of carbonyl (C=O) groups excluding carboxylic acids is 3. The van der Waals surface area contributed by atoms with Crippen molar-refractivity contribution < 1.29 is 33.9 Å². The van der Waals surface area contributed by atoms with Crippen molar-refractivity contribution in [2.24, 2.45) is 11.3 Å². The lowest BCUT2D eigenvalue weighted by Crippen LogP contribution is -2.62. The van der Waals surface area contributed by atoms with Crippen molar-refractivity contribution in [3.63, 3.8) is 0 Å². The van der Waals surface area contributed by atoms with Crippen LogP contribution in [-0.4, -0.2) is 48.4 Å². The number of halogens is 2. The molecule has 0 aromatic heterocycles. The molecule has 0 aliphatic carbocycles. The number of thioether (sulfide) groups is 1. The Kier molecular flexibility index (Phi) is 11.5. The highest BCUT2D eigenvalue weighted by atomic mass is 35.5. The molecule has 0 unspecified atom stereocenters. The number of non-ortho nitro benzene ring substituents is 1. The molecule has 14 heteroatoms. The Morgan fingerprint density at radius 1 is 1.04 bits per heavy atom. The Hall–Kier alpha value is -3.81. The number of amides is 1. The Morgan fingerprint density at radius 2 is 1.60 bits per heavy atom. The zero-order valence-electron chi connectivity index (χ0n) is 25.6. The summed E-state index contributed by atoms with van der Waals surface area (Å²) in [5, 5.41) is 21.1. The molecule has 1 aliphatic heterocycles. The maximum Gasteiger partial charge on any atom is 0.359 e. The van der Waals surface area contributed by atoms with Crippen LogP contribution in [0.1, 0.15) is 44.4 Å². The number of likely N-dealkylation sites (tertiary alicyclic amines) is 1. The number of nitro benzene ring substituents is 1. The fraction of sp³-hybridized carbons (Fsp3) is 0.273. The molecule has 1 N–H and O–H groups in total. The molecule has 1 aliphatic rings. The van der Waals surface area contributed by atoms with Crippen molar-refractivity contribution in [1.82, 2.24) is 4.90 Å². The van der Waals surface area contributed by atoms with Gasteiger partial charge in [0.05, 0.1) is 21.8 Å². The van der Waals surface area contributed by atoms with Crippen molar-refractivity contribution in [2.45, 2.75) is 45.9 Å². The molecular weight excluding hydrogens is 687 g/mol. The van der Waals surface area contributed by atoms with E-state index in [2.05, 4.69) is 0 Å². The first-order valence-corrected chi connectivity index (χ1v) is 16.2. The molecule has 10 nitrogen and oxygen atoms in total. The van der Waals surface area contributed by atoms with E-state index in [0.717, 1.165) is 10.5 Å². The molecule has 246 valence electrons. The summed E-state index contributed by atoms with van der Waals surface area (Å²) in [6.07, 6.45) is -1.12. The van der Waals surface area contributed by atoms with Crippen LogP contribution in [0.15, 0.2) is 83.6 Å². The molecule has 0 radical (unpaired) electrons. The van der Waals surface area contributed by atoms with E-state index in [0.29, 0.717) is 32.8 Å². The third kappa shape index (κ3) is 8.57. The number of nitrogens with zero attached hydrogens (tertiary/aromatic N) is 2. The van der Waals surface area contributed by atoms with Gasteiger partial charge in [-0.1, -0.05) is 68.3 Å². The molecular formula is C33H30Cl2N2O8S2. The van der Waals surface area contributed by atoms with Crippen LogP contribution in [0.4, 0.5) is 5.69 Å². The van der Waals surface area contributed by atoms with E-state index in [4.69, 9.17) is 44.9 Å². The van der Waals surface area contributed by atoms with Crippen LogP contribution in [-0.2, 0) is 25.7 Å². The summed E-state index contributed by atoms with van der Waals surface area (Å²) >= 11 is 18.8. The zero-order chi connectivity index (χ0) is 34.6. The Bertz CT molecular complexity index is 1720. The van der Waals surface area contributed by atoms with Crippen LogP contribution < -0.4 is 4.74 Å². The predicted molar refractivity (Wildman–Crippen MR) is 183 cm³/mol. The van der Waals surface area contributed by atoms with Gasteiger partial charge in [0.2, 0.25) is 11.0 Å². The number of hydrogen-bond acceptors (Lipinski definition) is 10.